The van der Waals surface area contributed by atoms with Crippen molar-refractivity contribution < 1.29 is 4.79 Å². The standard InChI is InChI=1S/C17H27N3O/c1-3-13(2)19-17(21)12-20-10-15(9-18)16(11-20)14-7-5-4-6-8-14/h4-8,13,15-16H,3,9-12,18H2,1-2H3,(H,19,21)/t13?,15-,16+/m1/s1. The van der Waals surface area contributed by atoms with Gasteiger partial charge in [-0.15, -0.1) is 0 Å². The first-order valence-electron chi connectivity index (χ1n) is 7.90. The first kappa shape index (κ1) is 16.0. The summed E-state index contributed by atoms with van der Waals surface area (Å²) in [5.41, 5.74) is 7.26. The summed E-state index contributed by atoms with van der Waals surface area (Å²) in [6.45, 7) is 7.09. The van der Waals surface area contributed by atoms with Crippen molar-refractivity contribution in [2.24, 2.45) is 11.7 Å². The van der Waals surface area contributed by atoms with Crippen LogP contribution >= 0.6 is 0 Å². The summed E-state index contributed by atoms with van der Waals surface area (Å²) < 4.78 is 0. The normalized spacial score (nSPS) is 24.0. The number of likely N-dealkylation sites (tertiary alicyclic amines) is 1. The molecule has 1 aromatic carbocycles. The van der Waals surface area contributed by atoms with Gasteiger partial charge in [-0.25, -0.2) is 0 Å². The zero-order chi connectivity index (χ0) is 15.2. The summed E-state index contributed by atoms with van der Waals surface area (Å²) in [6, 6.07) is 10.7. The van der Waals surface area contributed by atoms with Gasteiger partial charge in [-0.05, 0) is 31.4 Å². The van der Waals surface area contributed by atoms with E-state index in [4.69, 9.17) is 5.73 Å². The number of nitrogens with one attached hydrogen (secondary N) is 1. The molecule has 1 amide bonds. The average Bonchev–Trinajstić information content (AvgIpc) is 2.90. The minimum Gasteiger partial charge on any atom is -0.353 e. The van der Waals surface area contributed by atoms with Crippen LogP contribution in [0.5, 0.6) is 0 Å². The number of nitrogens with zero attached hydrogens (tertiary/aromatic N) is 1. The van der Waals surface area contributed by atoms with E-state index in [1.807, 2.05) is 13.0 Å². The molecule has 0 bridgehead atoms. The second kappa shape index (κ2) is 7.57. The predicted molar refractivity (Wildman–Crippen MR) is 86.1 cm³/mol. The molecule has 3 atom stereocenters. The van der Waals surface area contributed by atoms with Gasteiger partial charge in [-0.1, -0.05) is 37.3 Å². The third kappa shape index (κ3) is 4.29. The molecule has 1 aliphatic heterocycles. The van der Waals surface area contributed by atoms with Crippen molar-refractivity contribution in [2.75, 3.05) is 26.2 Å². The Hall–Kier alpha value is -1.39. The van der Waals surface area contributed by atoms with Crippen LogP contribution in [0.1, 0.15) is 31.7 Å². The smallest absolute Gasteiger partial charge is 0.234 e. The van der Waals surface area contributed by atoms with Gasteiger partial charge >= 0.3 is 0 Å². The van der Waals surface area contributed by atoms with E-state index >= 15 is 0 Å². The summed E-state index contributed by atoms with van der Waals surface area (Å²) in [5.74, 6) is 0.991. The molecule has 0 radical (unpaired) electrons. The van der Waals surface area contributed by atoms with E-state index in [0.717, 1.165) is 19.5 Å². The number of nitrogens with two attached hydrogens (primary N) is 1. The van der Waals surface area contributed by atoms with Crippen LogP contribution in [-0.4, -0.2) is 43.0 Å². The summed E-state index contributed by atoms with van der Waals surface area (Å²) in [6.07, 6.45) is 0.962. The highest BCUT2D eigenvalue weighted by Gasteiger charge is 2.33. The molecule has 116 valence electrons. The van der Waals surface area contributed by atoms with Gasteiger partial charge < -0.3 is 11.1 Å². The van der Waals surface area contributed by atoms with Crippen molar-refractivity contribution in [1.29, 1.82) is 0 Å². The van der Waals surface area contributed by atoms with E-state index in [1.54, 1.807) is 0 Å². The zero-order valence-electron chi connectivity index (χ0n) is 13.1. The van der Waals surface area contributed by atoms with Gasteiger partial charge in [0.1, 0.15) is 0 Å². The van der Waals surface area contributed by atoms with Crippen molar-refractivity contribution in [3.05, 3.63) is 35.9 Å². The van der Waals surface area contributed by atoms with Crippen LogP contribution in [0.2, 0.25) is 0 Å². The molecule has 4 nitrogen and oxygen atoms in total. The molecule has 4 heteroatoms. The highest BCUT2D eigenvalue weighted by Crippen LogP contribution is 2.31. The van der Waals surface area contributed by atoms with Crippen molar-refractivity contribution in [2.45, 2.75) is 32.2 Å². The van der Waals surface area contributed by atoms with Crippen LogP contribution in [0.25, 0.3) is 0 Å². The van der Waals surface area contributed by atoms with Gasteiger partial charge in [0.2, 0.25) is 5.91 Å². The van der Waals surface area contributed by atoms with Gasteiger partial charge in [0.05, 0.1) is 6.54 Å². The quantitative estimate of drug-likeness (QED) is 0.836. The van der Waals surface area contributed by atoms with Crippen molar-refractivity contribution in [3.63, 3.8) is 0 Å². The maximum atomic E-state index is 12.0. The number of hydrogen-bond acceptors (Lipinski definition) is 3. The Morgan fingerprint density at radius 2 is 2.10 bits per heavy atom. The minimum atomic E-state index is 0.119. The number of carbonyl (C=O) groups excluding carboxylic acids is 1. The fourth-order valence-electron chi connectivity index (χ4n) is 3.03. The molecular weight excluding hydrogens is 262 g/mol. The number of benzene rings is 1. The number of amides is 1. The first-order chi connectivity index (χ1) is 10.1. The lowest BCUT2D eigenvalue weighted by Crippen LogP contribution is -2.40. The van der Waals surface area contributed by atoms with Gasteiger partial charge in [0.25, 0.3) is 0 Å². The predicted octanol–water partition coefficient (Wildman–Crippen LogP) is 1.58. The largest absolute Gasteiger partial charge is 0.353 e. The zero-order valence-corrected chi connectivity index (χ0v) is 13.1. The Balaban J connectivity index is 1.94. The molecule has 1 aliphatic rings. The van der Waals surface area contributed by atoms with E-state index < -0.39 is 0 Å². The summed E-state index contributed by atoms with van der Waals surface area (Å²) in [4.78, 5) is 14.3. The monoisotopic (exact) mass is 289 g/mol. The second-order valence-electron chi connectivity index (χ2n) is 6.08. The van der Waals surface area contributed by atoms with Gasteiger partial charge in [0.15, 0.2) is 0 Å². The maximum Gasteiger partial charge on any atom is 0.234 e. The van der Waals surface area contributed by atoms with E-state index in [9.17, 15) is 4.79 Å². The minimum absolute atomic E-state index is 0.119. The van der Waals surface area contributed by atoms with E-state index in [2.05, 4.69) is 41.4 Å². The van der Waals surface area contributed by atoms with Crippen LogP contribution in [0.15, 0.2) is 30.3 Å². The molecule has 3 N–H and O–H groups in total. The SMILES string of the molecule is CCC(C)NC(=O)CN1C[C@@H](CN)[C@H](c2ccccc2)C1. The highest BCUT2D eigenvalue weighted by molar-refractivity contribution is 5.78. The van der Waals surface area contributed by atoms with Crippen LogP contribution in [-0.2, 0) is 4.79 Å². The van der Waals surface area contributed by atoms with E-state index in [0.29, 0.717) is 24.9 Å². The van der Waals surface area contributed by atoms with Gasteiger partial charge in [0, 0.05) is 25.0 Å². The molecule has 0 saturated carbocycles. The van der Waals surface area contributed by atoms with Crippen LogP contribution in [0.4, 0.5) is 0 Å². The molecule has 1 fully saturated rings. The molecule has 1 saturated heterocycles. The first-order valence-corrected chi connectivity index (χ1v) is 7.90. The third-order valence-electron chi connectivity index (χ3n) is 4.43. The van der Waals surface area contributed by atoms with Crippen LogP contribution < -0.4 is 11.1 Å². The average molecular weight is 289 g/mol. The van der Waals surface area contributed by atoms with Crippen molar-refractivity contribution in [1.82, 2.24) is 10.2 Å². The molecule has 21 heavy (non-hydrogen) atoms. The lowest BCUT2D eigenvalue weighted by atomic mass is 9.89. The highest BCUT2D eigenvalue weighted by atomic mass is 16.2. The molecule has 0 spiro atoms. The van der Waals surface area contributed by atoms with Crippen LogP contribution in [0.3, 0.4) is 0 Å². The molecule has 0 aliphatic carbocycles. The van der Waals surface area contributed by atoms with Gasteiger partial charge in [-0.2, -0.15) is 0 Å². The molecular formula is C17H27N3O. The summed E-state index contributed by atoms with van der Waals surface area (Å²) >= 11 is 0. The lowest BCUT2D eigenvalue weighted by molar-refractivity contribution is -0.122. The maximum absolute atomic E-state index is 12.0. The number of rotatable bonds is 6. The van der Waals surface area contributed by atoms with Crippen molar-refractivity contribution >= 4 is 5.91 Å². The van der Waals surface area contributed by atoms with E-state index in [-0.39, 0.29) is 11.9 Å². The second-order valence-corrected chi connectivity index (χ2v) is 6.08. The topological polar surface area (TPSA) is 58.4 Å². The summed E-state index contributed by atoms with van der Waals surface area (Å²) in [7, 11) is 0. The van der Waals surface area contributed by atoms with Gasteiger partial charge in [-0.3, -0.25) is 9.69 Å². The fourth-order valence-corrected chi connectivity index (χ4v) is 3.03. The van der Waals surface area contributed by atoms with Crippen LogP contribution in [0, 0.1) is 5.92 Å². The molecule has 1 heterocycles. The Bertz CT molecular complexity index is 449. The Morgan fingerprint density at radius 3 is 2.71 bits per heavy atom. The Morgan fingerprint density at radius 1 is 1.38 bits per heavy atom. The summed E-state index contributed by atoms with van der Waals surface area (Å²) in [5, 5.41) is 3.03. The number of hydrogen-bond donors (Lipinski definition) is 2. The Labute approximate surface area is 127 Å². The molecule has 1 unspecified atom stereocenters. The fraction of sp³-hybridized carbons (Fsp3) is 0.588. The third-order valence-corrected chi connectivity index (χ3v) is 4.43. The number of carbonyl (C=O) groups is 1. The van der Waals surface area contributed by atoms with Crippen molar-refractivity contribution in [3.8, 4) is 0 Å². The molecule has 2 rings (SSSR count). The Kier molecular flexibility index (Phi) is 5.76. The molecule has 0 aromatic heterocycles. The molecule has 1 aromatic rings. The van der Waals surface area contributed by atoms with E-state index in [1.165, 1.54) is 5.56 Å². The lowest BCUT2D eigenvalue weighted by Gasteiger charge is -2.18.